The Kier molecular flexibility index (Phi) is 28.5. The molecule has 8 bridgehead atoms. The van der Waals surface area contributed by atoms with Crippen molar-refractivity contribution in [2.45, 2.75) is 0 Å². The fraction of sp³-hybridized carbons (Fsp3) is 0.0938. The minimum absolute atomic E-state index is 0.385. The van der Waals surface area contributed by atoms with E-state index in [-0.39, 0.29) is 0 Å². The summed E-state index contributed by atoms with van der Waals surface area (Å²) in [6.45, 7) is 1.54. The van der Waals surface area contributed by atoms with Crippen LogP contribution in [0.15, 0.2) is 510 Å². The monoisotopic (exact) mass is 1950 g/mol. The second kappa shape index (κ2) is 43.4. The average molecular weight is 1950 g/mol. The van der Waals surface area contributed by atoms with E-state index in [1.54, 1.807) is 0 Å². The molecule has 0 unspecified atom stereocenters. The molecule has 0 saturated heterocycles. The molecule has 1 aliphatic heterocycles. The van der Waals surface area contributed by atoms with Gasteiger partial charge in [0.15, 0.2) is 28.2 Å². The molecule has 21 rings (SSSR count). The van der Waals surface area contributed by atoms with Crippen LogP contribution in [-0.4, -0.2) is 117 Å². The molecule has 144 heavy (non-hydrogen) atoms. The summed E-state index contributed by atoms with van der Waals surface area (Å²) in [5.41, 5.74) is 15.1. The Bertz CT molecular complexity index is 7280. The Morgan fingerprint density at radius 2 is 0.319 bits per heavy atom. The largest absolute Gasteiger partial charge is 0.492 e. The van der Waals surface area contributed by atoms with Crippen LogP contribution in [0.25, 0.3) is 22.3 Å². The van der Waals surface area contributed by atoms with E-state index in [4.69, 9.17) is 18.9 Å². The number of para-hydroxylation sites is 8. The van der Waals surface area contributed by atoms with Crippen LogP contribution in [0.1, 0.15) is 45.0 Å². The maximum Gasteiger partial charge on any atom is 0.200 e. The lowest BCUT2D eigenvalue weighted by Crippen LogP contribution is -2.27. The van der Waals surface area contributed by atoms with Crippen molar-refractivity contribution >= 4 is 116 Å². The third kappa shape index (κ3) is 18.8. The maximum atomic E-state index is 7.62. The molecule has 0 amide bonds. The van der Waals surface area contributed by atoms with Crippen LogP contribution in [0.4, 0.5) is 22.7 Å². The Morgan fingerprint density at radius 1 is 0.167 bits per heavy atom. The van der Waals surface area contributed by atoms with Crippen molar-refractivity contribution in [3.05, 3.63) is 576 Å². The molecule has 16 heteroatoms. The van der Waals surface area contributed by atoms with Gasteiger partial charge < -0.3 is 38.9 Å². The van der Waals surface area contributed by atoms with E-state index in [9.17, 15) is 0 Å². The molecule has 0 fully saturated rings. The van der Waals surface area contributed by atoms with Crippen molar-refractivity contribution < 1.29 is 36.3 Å². The summed E-state index contributed by atoms with van der Waals surface area (Å²) >= 11 is 0. The number of hydrogen-bond acceptors (Lipinski definition) is 4. The molecule has 4 aromatic heterocycles. The number of rotatable bonds is 32. The zero-order valence-corrected chi connectivity index (χ0v) is 84.9. The van der Waals surface area contributed by atoms with Gasteiger partial charge in [0.1, 0.15) is 51.2 Å². The maximum absolute atomic E-state index is 7.62. The highest BCUT2D eigenvalue weighted by Crippen LogP contribution is 2.54. The highest BCUT2D eigenvalue weighted by atomic mass is 31.2. The zero-order valence-electron chi connectivity index (χ0n) is 81.4. The number of hydrogen-bond donors (Lipinski definition) is 4. The van der Waals surface area contributed by atoms with Crippen molar-refractivity contribution in [1.29, 1.82) is 0 Å². The molecule has 708 valence electrons. The SMILES string of the molecule is C[N+](c1ccccc1)=P(CCOc1ccccc1C1=c2ccc([nH]2)=C(c2ccccc2OCCP(c2ccccc2)(c2ccccc2)=[N+](C)c2ccccc2)c2ccc([nH]2)C(c2ccccc2OCCP(c2ccccc2)(c2ccccc2)=[N+](C)c2ccccc2)=c2ccc([nH]2)=C(c2ccccc2OCCP(c2ccccc2)(c2ccccc2)=[N+](C)c2ccccc2)c2ccc1[nH]2)(c1ccccc1)c1ccccc1. The summed E-state index contributed by atoms with van der Waals surface area (Å²) in [6, 6.07) is 184. The van der Waals surface area contributed by atoms with Gasteiger partial charge >= 0.3 is 0 Å². The van der Waals surface area contributed by atoms with Crippen LogP contribution in [0.3, 0.4) is 0 Å². The van der Waals surface area contributed by atoms with Crippen LogP contribution in [0.5, 0.6) is 23.0 Å². The summed E-state index contributed by atoms with van der Waals surface area (Å²) in [6.07, 6.45) is 2.77. The van der Waals surface area contributed by atoms with Gasteiger partial charge in [-0.1, -0.05) is 291 Å². The van der Waals surface area contributed by atoms with Gasteiger partial charge in [-0.2, -0.15) is 0 Å². The van der Waals surface area contributed by atoms with E-state index < -0.39 is 28.2 Å². The van der Waals surface area contributed by atoms with Gasteiger partial charge in [-0.05, 0) is 170 Å². The van der Waals surface area contributed by atoms with E-state index in [1.807, 2.05) is 0 Å². The van der Waals surface area contributed by atoms with Crippen LogP contribution >= 0.6 is 28.2 Å². The van der Waals surface area contributed by atoms with Crippen LogP contribution in [-0.2, 0) is 0 Å². The first-order valence-electron chi connectivity index (χ1n) is 49.4. The predicted octanol–water partition coefficient (Wildman–Crippen LogP) is 23.1. The molecule has 0 atom stereocenters. The molecule has 0 radical (unpaired) electrons. The van der Waals surface area contributed by atoms with Crippen LogP contribution in [0, 0.1) is 0 Å². The molecular formula is C128H116N8O4P4+4. The van der Waals surface area contributed by atoms with Crippen molar-refractivity contribution in [1.82, 2.24) is 19.9 Å². The lowest BCUT2D eigenvalue weighted by Gasteiger charge is -2.25. The smallest absolute Gasteiger partial charge is 0.200 e. The molecule has 4 N–H and O–H groups in total. The van der Waals surface area contributed by atoms with E-state index in [1.165, 1.54) is 42.4 Å². The zero-order chi connectivity index (χ0) is 97.5. The fourth-order valence-electron chi connectivity index (χ4n) is 21.2. The van der Waals surface area contributed by atoms with Gasteiger partial charge in [0.25, 0.3) is 0 Å². The van der Waals surface area contributed by atoms with E-state index in [0.29, 0.717) is 51.1 Å². The summed E-state index contributed by atoms with van der Waals surface area (Å²) in [7, 11) is -0.857. The van der Waals surface area contributed by atoms with E-state index in [0.717, 1.165) is 134 Å². The third-order valence-corrected chi connectivity index (χ3v) is 45.8. The van der Waals surface area contributed by atoms with Crippen molar-refractivity contribution in [3.63, 3.8) is 0 Å². The molecule has 0 saturated carbocycles. The van der Waals surface area contributed by atoms with E-state index >= 15 is 0 Å². The molecule has 0 spiro atoms. The first-order chi connectivity index (χ1) is 71.1. The van der Waals surface area contributed by atoms with Crippen LogP contribution < -0.4 is 82.8 Å². The third-order valence-electron chi connectivity index (χ3n) is 28.2. The first-order valence-corrected chi connectivity index (χ1v) is 57.1. The van der Waals surface area contributed by atoms with Gasteiger partial charge in [-0.3, -0.25) is 0 Å². The molecule has 16 aromatic carbocycles. The number of ether oxygens (including phenoxy) is 4. The highest BCUT2D eigenvalue weighted by molar-refractivity contribution is 7.80. The number of nitrogens with one attached hydrogen (secondary N) is 4. The lowest BCUT2D eigenvalue weighted by atomic mass is 10.0. The normalized spacial score (nSPS) is 12.2. The first kappa shape index (κ1) is 94.5. The number of fused-ring (bicyclic) bond motifs is 8. The van der Waals surface area contributed by atoms with Gasteiger partial charge in [-0.25, -0.2) is 17.3 Å². The number of H-pyrrole nitrogens is 4. The second-order valence-corrected chi connectivity index (χ2v) is 50.6. The Morgan fingerprint density at radius 3 is 0.493 bits per heavy atom. The summed E-state index contributed by atoms with van der Waals surface area (Å²) < 4.78 is 40.6. The van der Waals surface area contributed by atoms with Gasteiger partial charge in [0, 0.05) is 180 Å². The topological polar surface area (TPSA) is 112 Å². The fourth-order valence-corrected chi connectivity index (χ4v) is 37.3. The minimum Gasteiger partial charge on any atom is -0.492 e. The van der Waals surface area contributed by atoms with Crippen molar-refractivity contribution in [2.24, 2.45) is 0 Å². The molecular weight excluding hydrogens is 1840 g/mol. The summed E-state index contributed by atoms with van der Waals surface area (Å²) in [4.78, 5) is 16.9. The van der Waals surface area contributed by atoms with Crippen molar-refractivity contribution in [3.8, 4) is 23.0 Å². The predicted molar refractivity (Wildman–Crippen MR) is 601 cm³/mol. The summed E-state index contributed by atoms with van der Waals surface area (Å²) in [5, 5.41) is 13.5. The number of aromatic amines is 4. The minimum atomic E-state index is -2.48. The molecule has 12 nitrogen and oxygen atoms in total. The molecule has 0 aliphatic carbocycles. The Hall–Kier alpha value is -15.8. The van der Waals surface area contributed by atoms with Crippen LogP contribution in [0.2, 0.25) is 0 Å². The highest BCUT2D eigenvalue weighted by Gasteiger charge is 2.41. The Labute approximate surface area is 844 Å². The number of aromatic nitrogens is 4. The molecule has 5 heterocycles. The quantitative estimate of drug-likeness (QED) is 0.0315. The van der Waals surface area contributed by atoms with Gasteiger partial charge in [0.05, 0.1) is 51.1 Å². The average Bonchev–Trinajstić information content (AvgIpc) is 1.66. The second-order valence-electron chi connectivity index (χ2n) is 36.1. The standard InChI is InChI=1S/C128H116N8O4P4/c1-133(97-49-17-5-18-50-97)141(101-57-25-9-26-58-101,102-59-27-10-28-60-102)93-89-137-121-77-45-41-73-109(121)125-113-81-83-115(129-113)126(110-74-42-46-78-122(110)138-90-94-142(103-61-29-11-30-62-103,104-63-31-12-32-64-104)134(2)98-51-19-6-20-52-98)117-85-87-119(131-117)128(112-76-44-48-80-124(112)140-92-96-144(107-69-37-15-38-70-107,108-71-39-16-40-72-108)136(4)100-55-23-8-24-56-100)120-88-86-118(132-120)127(116-84-82-114(125)130-116)111-75-43-47-79-123(111)139-91-95-143(105-65-33-13-34-66-105,106-67-35-14-36-68-106)135(3)99-53-21-7-22-54-99/h5-88,129-132H,89-96H2,1-4H3/q+4. The molecule has 20 aromatic rings. The number of nitrogens with zero attached hydrogens (tertiary/aromatic N) is 4. The van der Waals surface area contributed by atoms with Crippen molar-refractivity contribution in [2.75, 3.05) is 79.3 Å². The van der Waals surface area contributed by atoms with Gasteiger partial charge in [0.2, 0.25) is 22.7 Å². The van der Waals surface area contributed by atoms with Gasteiger partial charge in [-0.15, -0.1) is 0 Å². The lowest BCUT2D eigenvalue weighted by molar-refractivity contribution is -0.382. The van der Waals surface area contributed by atoms with E-state index in [2.05, 4.69) is 575 Å². The Balaban J connectivity index is 0.777. The number of benzene rings is 16. The summed E-state index contributed by atoms with van der Waals surface area (Å²) in [5.74, 6) is 2.93. The molecule has 1 aliphatic rings.